The highest BCUT2D eigenvalue weighted by atomic mass is 32.2. The maximum atomic E-state index is 12.4. The number of para-hydroxylation sites is 1. The molecule has 0 aliphatic heterocycles. The quantitative estimate of drug-likeness (QED) is 0.936. The lowest BCUT2D eigenvalue weighted by Crippen LogP contribution is -2.24. The molecule has 2 aromatic carbocycles. The summed E-state index contributed by atoms with van der Waals surface area (Å²) in [7, 11) is -0.660. The minimum Gasteiger partial charge on any atom is -0.322 e. The van der Waals surface area contributed by atoms with Crippen molar-refractivity contribution in [1.82, 2.24) is 4.31 Å². The SMILES string of the molecule is Cc1cc(C(=O)Nc2ccccc2)cc(S(=O)(=O)N(C)C)c1C. The standard InChI is InChI=1S/C17H20N2O3S/c1-12-10-14(17(20)18-15-8-6-5-7-9-15)11-16(13(12)2)23(21,22)19(3)4/h5-11H,1-4H3,(H,18,20). The van der Waals surface area contributed by atoms with Crippen LogP contribution in [0.5, 0.6) is 0 Å². The molecule has 122 valence electrons. The Labute approximate surface area is 137 Å². The van der Waals surface area contributed by atoms with Gasteiger partial charge in [-0.15, -0.1) is 0 Å². The van der Waals surface area contributed by atoms with E-state index in [1.54, 1.807) is 32.0 Å². The Morgan fingerprint density at radius 3 is 2.22 bits per heavy atom. The molecule has 0 bridgehead atoms. The second kappa shape index (κ2) is 6.52. The van der Waals surface area contributed by atoms with Crippen molar-refractivity contribution in [1.29, 1.82) is 0 Å². The highest BCUT2D eigenvalue weighted by molar-refractivity contribution is 7.89. The van der Waals surface area contributed by atoms with E-state index in [0.29, 0.717) is 16.8 Å². The van der Waals surface area contributed by atoms with Crippen LogP contribution in [0.15, 0.2) is 47.4 Å². The van der Waals surface area contributed by atoms with E-state index in [9.17, 15) is 13.2 Å². The number of rotatable bonds is 4. The highest BCUT2D eigenvalue weighted by Crippen LogP contribution is 2.24. The molecule has 0 spiro atoms. The van der Waals surface area contributed by atoms with Gasteiger partial charge in [0.2, 0.25) is 10.0 Å². The number of sulfonamides is 1. The summed E-state index contributed by atoms with van der Waals surface area (Å²) in [6.07, 6.45) is 0. The van der Waals surface area contributed by atoms with Crippen molar-refractivity contribution in [2.45, 2.75) is 18.7 Å². The Morgan fingerprint density at radius 2 is 1.65 bits per heavy atom. The van der Waals surface area contributed by atoms with Gasteiger partial charge in [-0.1, -0.05) is 18.2 Å². The van der Waals surface area contributed by atoms with Crippen molar-refractivity contribution >= 4 is 21.6 Å². The normalized spacial score (nSPS) is 11.5. The van der Waals surface area contributed by atoms with Gasteiger partial charge in [0.1, 0.15) is 0 Å². The molecule has 0 fully saturated rings. The molecule has 23 heavy (non-hydrogen) atoms. The first-order valence-corrected chi connectivity index (χ1v) is 8.57. The van der Waals surface area contributed by atoms with Gasteiger partial charge in [0.25, 0.3) is 5.91 Å². The third-order valence-corrected chi connectivity index (χ3v) is 5.61. The van der Waals surface area contributed by atoms with Gasteiger partial charge >= 0.3 is 0 Å². The molecule has 0 unspecified atom stereocenters. The van der Waals surface area contributed by atoms with Gasteiger partial charge in [0.15, 0.2) is 0 Å². The molecule has 2 aromatic rings. The molecule has 0 saturated carbocycles. The minimum atomic E-state index is -3.61. The van der Waals surface area contributed by atoms with E-state index in [1.165, 1.54) is 20.2 Å². The molecule has 0 heterocycles. The first-order chi connectivity index (χ1) is 10.7. The first-order valence-electron chi connectivity index (χ1n) is 7.13. The fourth-order valence-electron chi connectivity index (χ4n) is 2.15. The third kappa shape index (κ3) is 3.60. The molecule has 6 heteroatoms. The maximum Gasteiger partial charge on any atom is 0.255 e. The van der Waals surface area contributed by atoms with Crippen LogP contribution in [0.4, 0.5) is 5.69 Å². The molecule has 0 radical (unpaired) electrons. The zero-order valence-corrected chi connectivity index (χ0v) is 14.4. The van der Waals surface area contributed by atoms with Crippen LogP contribution in [-0.2, 0) is 10.0 Å². The molecular weight excluding hydrogens is 312 g/mol. The van der Waals surface area contributed by atoms with Crippen molar-refractivity contribution in [3.8, 4) is 0 Å². The number of aryl methyl sites for hydroxylation is 1. The van der Waals surface area contributed by atoms with E-state index in [-0.39, 0.29) is 10.8 Å². The third-order valence-electron chi connectivity index (χ3n) is 3.67. The number of nitrogens with one attached hydrogen (secondary N) is 1. The van der Waals surface area contributed by atoms with Crippen molar-refractivity contribution < 1.29 is 13.2 Å². The number of hydrogen-bond donors (Lipinski definition) is 1. The lowest BCUT2D eigenvalue weighted by Gasteiger charge is -2.16. The van der Waals surface area contributed by atoms with E-state index >= 15 is 0 Å². The van der Waals surface area contributed by atoms with Gasteiger partial charge < -0.3 is 5.32 Å². The number of carbonyl (C=O) groups excluding carboxylic acids is 1. The molecular formula is C17H20N2O3S. The number of nitrogens with zero attached hydrogens (tertiary/aromatic N) is 1. The molecule has 1 N–H and O–H groups in total. The largest absolute Gasteiger partial charge is 0.322 e. The molecule has 0 atom stereocenters. The monoisotopic (exact) mass is 332 g/mol. The van der Waals surface area contributed by atoms with E-state index in [4.69, 9.17) is 0 Å². The van der Waals surface area contributed by atoms with Gasteiger partial charge in [0.05, 0.1) is 4.90 Å². The average Bonchev–Trinajstić information content (AvgIpc) is 2.50. The average molecular weight is 332 g/mol. The number of anilines is 1. The van der Waals surface area contributed by atoms with Crippen LogP contribution in [0.3, 0.4) is 0 Å². The Balaban J connectivity index is 2.45. The first kappa shape index (κ1) is 17.2. The summed E-state index contributed by atoms with van der Waals surface area (Å²) in [5.41, 5.74) is 2.38. The summed E-state index contributed by atoms with van der Waals surface area (Å²) in [4.78, 5) is 12.6. The lowest BCUT2D eigenvalue weighted by atomic mass is 10.1. The van der Waals surface area contributed by atoms with E-state index in [1.807, 2.05) is 18.2 Å². The van der Waals surface area contributed by atoms with Gasteiger partial charge in [-0.3, -0.25) is 4.79 Å². The smallest absolute Gasteiger partial charge is 0.255 e. The van der Waals surface area contributed by atoms with Crippen molar-refractivity contribution in [2.75, 3.05) is 19.4 Å². The van der Waals surface area contributed by atoms with Crippen molar-refractivity contribution in [3.63, 3.8) is 0 Å². The fourth-order valence-corrected chi connectivity index (χ4v) is 3.36. The highest BCUT2D eigenvalue weighted by Gasteiger charge is 2.22. The molecule has 0 aliphatic carbocycles. The Kier molecular flexibility index (Phi) is 4.87. The second-order valence-corrected chi connectivity index (χ2v) is 7.64. The van der Waals surface area contributed by atoms with Crippen molar-refractivity contribution in [3.05, 3.63) is 59.2 Å². The van der Waals surface area contributed by atoms with E-state index in [0.717, 1.165) is 9.87 Å². The molecule has 0 saturated heterocycles. The van der Waals surface area contributed by atoms with E-state index < -0.39 is 10.0 Å². The van der Waals surface area contributed by atoms with Crippen LogP contribution in [0.1, 0.15) is 21.5 Å². The topological polar surface area (TPSA) is 66.5 Å². The lowest BCUT2D eigenvalue weighted by molar-refractivity contribution is 0.102. The molecule has 5 nitrogen and oxygen atoms in total. The minimum absolute atomic E-state index is 0.153. The molecule has 2 rings (SSSR count). The predicted octanol–water partition coefficient (Wildman–Crippen LogP) is 2.81. The Morgan fingerprint density at radius 1 is 1.04 bits per heavy atom. The van der Waals surface area contributed by atoms with Gasteiger partial charge in [-0.05, 0) is 49.2 Å². The summed E-state index contributed by atoms with van der Waals surface area (Å²) in [6, 6.07) is 12.2. The fraction of sp³-hybridized carbons (Fsp3) is 0.235. The number of benzene rings is 2. The summed E-state index contributed by atoms with van der Waals surface area (Å²) >= 11 is 0. The van der Waals surface area contributed by atoms with Crippen LogP contribution < -0.4 is 5.32 Å². The number of amides is 1. The molecule has 0 aromatic heterocycles. The Hall–Kier alpha value is -2.18. The van der Waals surface area contributed by atoms with Crippen LogP contribution in [0.25, 0.3) is 0 Å². The number of carbonyl (C=O) groups is 1. The summed E-state index contributed by atoms with van der Waals surface area (Å²) in [5.74, 6) is -0.338. The maximum absolute atomic E-state index is 12.4. The predicted molar refractivity (Wildman–Crippen MR) is 91.2 cm³/mol. The van der Waals surface area contributed by atoms with Crippen molar-refractivity contribution in [2.24, 2.45) is 0 Å². The summed E-state index contributed by atoms with van der Waals surface area (Å²) in [5, 5.41) is 2.77. The van der Waals surface area contributed by atoms with Crippen LogP contribution >= 0.6 is 0 Å². The summed E-state index contributed by atoms with van der Waals surface area (Å²) < 4.78 is 26.0. The second-order valence-electron chi connectivity index (χ2n) is 5.52. The molecule has 1 amide bonds. The van der Waals surface area contributed by atoms with Gasteiger partial charge in [-0.25, -0.2) is 12.7 Å². The Bertz CT molecular complexity index is 828. The van der Waals surface area contributed by atoms with Crippen LogP contribution in [0, 0.1) is 13.8 Å². The van der Waals surface area contributed by atoms with Gasteiger partial charge in [0, 0.05) is 25.3 Å². The zero-order valence-electron chi connectivity index (χ0n) is 13.6. The summed E-state index contributed by atoms with van der Waals surface area (Å²) in [6.45, 7) is 3.54. The van der Waals surface area contributed by atoms with Crippen LogP contribution in [0.2, 0.25) is 0 Å². The number of hydrogen-bond acceptors (Lipinski definition) is 3. The van der Waals surface area contributed by atoms with Crippen LogP contribution in [-0.4, -0.2) is 32.7 Å². The van der Waals surface area contributed by atoms with Gasteiger partial charge in [-0.2, -0.15) is 0 Å². The molecule has 0 aliphatic rings. The zero-order chi connectivity index (χ0) is 17.2. The van der Waals surface area contributed by atoms with E-state index in [2.05, 4.69) is 5.32 Å².